The molecule has 2 aromatic carbocycles. The molecule has 0 aromatic heterocycles. The maximum atomic E-state index is 12.3. The lowest BCUT2D eigenvalue weighted by Gasteiger charge is -2.13. The quantitative estimate of drug-likeness (QED) is 0.681. The molecule has 0 radical (unpaired) electrons. The SMILES string of the molecule is CCC(C)NS(=O)(=O)c1ccc(NS(=O)(=O)c2ccc(Br)cc2)cc1. The molecule has 0 aliphatic rings. The Bertz CT molecular complexity index is 925. The van der Waals surface area contributed by atoms with Crippen molar-refractivity contribution >= 4 is 41.7 Å². The van der Waals surface area contributed by atoms with Crippen molar-refractivity contribution in [2.24, 2.45) is 0 Å². The van der Waals surface area contributed by atoms with Crippen LogP contribution in [0.1, 0.15) is 20.3 Å². The summed E-state index contributed by atoms with van der Waals surface area (Å²) < 4.78 is 54.8. The number of nitrogens with one attached hydrogen (secondary N) is 2. The lowest BCUT2D eigenvalue weighted by atomic mass is 10.3. The summed E-state index contributed by atoms with van der Waals surface area (Å²) in [5, 5.41) is 0. The van der Waals surface area contributed by atoms with Crippen LogP contribution in [-0.4, -0.2) is 22.9 Å². The minimum absolute atomic E-state index is 0.0828. The van der Waals surface area contributed by atoms with Crippen LogP contribution in [0.25, 0.3) is 0 Å². The van der Waals surface area contributed by atoms with Crippen molar-refractivity contribution in [1.29, 1.82) is 0 Å². The van der Waals surface area contributed by atoms with E-state index in [9.17, 15) is 16.8 Å². The summed E-state index contributed by atoms with van der Waals surface area (Å²) in [6.45, 7) is 3.66. The third-order valence-electron chi connectivity index (χ3n) is 3.51. The smallest absolute Gasteiger partial charge is 0.261 e. The van der Waals surface area contributed by atoms with Gasteiger partial charge in [-0.3, -0.25) is 4.72 Å². The molecule has 2 aromatic rings. The number of anilines is 1. The summed E-state index contributed by atoms with van der Waals surface area (Å²) in [5.74, 6) is 0. The Hall–Kier alpha value is -1.42. The number of halogens is 1. The third kappa shape index (κ3) is 5.27. The maximum absolute atomic E-state index is 12.3. The maximum Gasteiger partial charge on any atom is 0.261 e. The molecule has 0 fully saturated rings. The zero-order chi connectivity index (χ0) is 18.7. The van der Waals surface area contributed by atoms with Crippen molar-refractivity contribution in [2.75, 3.05) is 4.72 Å². The van der Waals surface area contributed by atoms with Crippen LogP contribution in [0.5, 0.6) is 0 Å². The van der Waals surface area contributed by atoms with Crippen LogP contribution in [0.15, 0.2) is 62.8 Å². The van der Waals surface area contributed by atoms with Gasteiger partial charge in [-0.25, -0.2) is 21.6 Å². The van der Waals surface area contributed by atoms with Gasteiger partial charge in [0.1, 0.15) is 0 Å². The predicted octanol–water partition coefficient (Wildman–Crippen LogP) is 3.33. The molecule has 0 spiro atoms. The highest BCUT2D eigenvalue weighted by molar-refractivity contribution is 9.10. The summed E-state index contributed by atoms with van der Waals surface area (Å²) >= 11 is 3.25. The van der Waals surface area contributed by atoms with Gasteiger partial charge in [0.2, 0.25) is 10.0 Å². The molecule has 9 heteroatoms. The molecule has 0 aliphatic heterocycles. The van der Waals surface area contributed by atoms with Crippen molar-refractivity contribution in [2.45, 2.75) is 36.1 Å². The molecule has 0 heterocycles. The molecule has 0 aliphatic carbocycles. The summed E-state index contributed by atoms with van der Waals surface area (Å²) in [4.78, 5) is 0.199. The number of hydrogen-bond donors (Lipinski definition) is 2. The highest BCUT2D eigenvalue weighted by atomic mass is 79.9. The fourth-order valence-electron chi connectivity index (χ4n) is 1.95. The lowest BCUT2D eigenvalue weighted by Crippen LogP contribution is -2.31. The first kappa shape index (κ1) is 19.9. The van der Waals surface area contributed by atoms with Crippen molar-refractivity contribution in [1.82, 2.24) is 4.72 Å². The van der Waals surface area contributed by atoms with Gasteiger partial charge in [-0.15, -0.1) is 0 Å². The Morgan fingerprint density at radius 2 is 1.36 bits per heavy atom. The molecule has 6 nitrogen and oxygen atoms in total. The Morgan fingerprint density at radius 3 is 1.88 bits per heavy atom. The second-order valence-corrected chi connectivity index (χ2v) is 9.83. The van der Waals surface area contributed by atoms with Crippen molar-refractivity contribution in [3.8, 4) is 0 Å². The molecule has 25 heavy (non-hydrogen) atoms. The van der Waals surface area contributed by atoms with E-state index in [0.717, 1.165) is 4.47 Å². The minimum atomic E-state index is -3.74. The molecule has 0 saturated carbocycles. The van der Waals surface area contributed by atoms with E-state index in [0.29, 0.717) is 6.42 Å². The van der Waals surface area contributed by atoms with Crippen molar-refractivity contribution in [3.63, 3.8) is 0 Å². The van der Waals surface area contributed by atoms with Gasteiger partial charge in [0.15, 0.2) is 0 Å². The molecule has 136 valence electrons. The van der Waals surface area contributed by atoms with Crippen LogP contribution in [0.3, 0.4) is 0 Å². The van der Waals surface area contributed by atoms with E-state index >= 15 is 0 Å². The van der Waals surface area contributed by atoms with E-state index in [1.54, 1.807) is 19.1 Å². The average molecular weight is 447 g/mol. The molecule has 1 unspecified atom stereocenters. The summed E-state index contributed by atoms with van der Waals surface area (Å²) in [6, 6.07) is 11.6. The van der Waals surface area contributed by atoms with Gasteiger partial charge >= 0.3 is 0 Å². The second kappa shape index (κ2) is 7.86. The van der Waals surface area contributed by atoms with Gasteiger partial charge < -0.3 is 0 Å². The van der Waals surface area contributed by atoms with E-state index in [-0.39, 0.29) is 21.5 Å². The molecule has 2 rings (SSSR count). The summed E-state index contributed by atoms with van der Waals surface area (Å²) in [6.07, 6.45) is 0.671. The van der Waals surface area contributed by atoms with Crippen LogP contribution >= 0.6 is 15.9 Å². The Morgan fingerprint density at radius 1 is 0.880 bits per heavy atom. The normalized spacial score (nSPS) is 13.4. The third-order valence-corrected chi connectivity index (χ3v) is 7.04. The second-order valence-electron chi connectivity index (χ2n) is 5.51. The first-order valence-electron chi connectivity index (χ1n) is 7.55. The first-order chi connectivity index (χ1) is 11.6. The van der Waals surface area contributed by atoms with E-state index in [2.05, 4.69) is 25.4 Å². The summed E-state index contributed by atoms with van der Waals surface area (Å²) in [7, 11) is -7.36. The van der Waals surface area contributed by atoms with Crippen molar-refractivity contribution < 1.29 is 16.8 Å². The predicted molar refractivity (Wildman–Crippen MR) is 101 cm³/mol. The number of rotatable bonds is 7. The zero-order valence-electron chi connectivity index (χ0n) is 13.7. The standard InChI is InChI=1S/C16H19BrN2O4S2/c1-3-12(2)18-24(20,21)16-10-6-14(7-11-16)19-25(22,23)15-8-4-13(17)5-9-15/h4-12,18-19H,3H2,1-2H3. The Kier molecular flexibility index (Phi) is 6.26. The topological polar surface area (TPSA) is 92.3 Å². The van der Waals surface area contributed by atoms with E-state index in [1.807, 2.05) is 6.92 Å². The van der Waals surface area contributed by atoms with Crippen LogP contribution in [-0.2, 0) is 20.0 Å². The first-order valence-corrected chi connectivity index (χ1v) is 11.3. The fraction of sp³-hybridized carbons (Fsp3) is 0.250. The van der Waals surface area contributed by atoms with Gasteiger partial charge in [0, 0.05) is 16.2 Å². The largest absolute Gasteiger partial charge is 0.280 e. The van der Waals surface area contributed by atoms with Gasteiger partial charge in [0.05, 0.1) is 9.79 Å². The van der Waals surface area contributed by atoms with Gasteiger partial charge in [-0.2, -0.15) is 0 Å². The number of benzene rings is 2. The molecular formula is C16H19BrN2O4S2. The van der Waals surface area contributed by atoms with Crippen LogP contribution < -0.4 is 9.44 Å². The average Bonchev–Trinajstić information content (AvgIpc) is 2.55. The van der Waals surface area contributed by atoms with Crippen LogP contribution in [0.2, 0.25) is 0 Å². The molecular weight excluding hydrogens is 428 g/mol. The van der Waals surface area contributed by atoms with Crippen LogP contribution in [0.4, 0.5) is 5.69 Å². The fourth-order valence-corrected chi connectivity index (χ4v) is 4.60. The Balaban J connectivity index is 2.19. The molecule has 0 bridgehead atoms. The summed E-state index contributed by atoms with van der Waals surface area (Å²) in [5.41, 5.74) is 0.283. The van der Waals surface area contributed by atoms with Crippen LogP contribution in [0, 0.1) is 0 Å². The minimum Gasteiger partial charge on any atom is -0.280 e. The van der Waals surface area contributed by atoms with Gasteiger partial charge in [-0.05, 0) is 61.9 Å². The van der Waals surface area contributed by atoms with E-state index in [4.69, 9.17) is 0 Å². The lowest BCUT2D eigenvalue weighted by molar-refractivity contribution is 0.556. The zero-order valence-corrected chi connectivity index (χ0v) is 16.9. The molecule has 0 saturated heterocycles. The van der Waals surface area contributed by atoms with Gasteiger partial charge in [0.25, 0.3) is 10.0 Å². The highest BCUT2D eigenvalue weighted by Gasteiger charge is 2.18. The highest BCUT2D eigenvalue weighted by Crippen LogP contribution is 2.20. The Labute approximate surface area is 156 Å². The van der Waals surface area contributed by atoms with E-state index in [1.165, 1.54) is 36.4 Å². The van der Waals surface area contributed by atoms with Gasteiger partial charge in [-0.1, -0.05) is 22.9 Å². The number of sulfonamides is 2. The molecule has 2 N–H and O–H groups in total. The molecule has 1 atom stereocenters. The van der Waals surface area contributed by atoms with Crippen molar-refractivity contribution in [3.05, 3.63) is 53.0 Å². The number of hydrogen-bond acceptors (Lipinski definition) is 4. The monoisotopic (exact) mass is 446 g/mol. The molecule has 0 amide bonds. The van der Waals surface area contributed by atoms with E-state index < -0.39 is 20.0 Å².